The van der Waals surface area contributed by atoms with E-state index in [9.17, 15) is 0 Å². The average molecular weight is 310 g/mol. The summed E-state index contributed by atoms with van der Waals surface area (Å²) in [4.78, 5) is 4.63. The number of rotatable bonds is 2. The molecule has 0 amide bonds. The molecule has 21 heavy (non-hydrogen) atoms. The number of amidine groups is 1. The Morgan fingerprint density at radius 2 is 1.95 bits per heavy atom. The van der Waals surface area contributed by atoms with Crippen LogP contribution in [0.2, 0.25) is 0 Å². The van der Waals surface area contributed by atoms with Gasteiger partial charge in [0.05, 0.1) is 11.8 Å². The SMILES string of the molecule is c1ccc(C2CN=C(Nc3ccc4sccc4c3)S2)cc1. The van der Waals surface area contributed by atoms with Gasteiger partial charge in [-0.1, -0.05) is 42.1 Å². The van der Waals surface area contributed by atoms with Crippen molar-refractivity contribution in [2.75, 3.05) is 11.9 Å². The van der Waals surface area contributed by atoms with Gasteiger partial charge in [0.15, 0.2) is 5.17 Å². The number of fused-ring (bicyclic) bond motifs is 1. The first-order valence-corrected chi connectivity index (χ1v) is 8.65. The maximum atomic E-state index is 4.63. The van der Waals surface area contributed by atoms with E-state index >= 15 is 0 Å². The Bertz CT molecular complexity index is 793. The van der Waals surface area contributed by atoms with E-state index in [1.165, 1.54) is 15.6 Å². The minimum atomic E-state index is 0.429. The van der Waals surface area contributed by atoms with E-state index in [0.717, 1.165) is 17.4 Å². The molecule has 0 bridgehead atoms. The van der Waals surface area contributed by atoms with E-state index in [1.807, 2.05) is 11.8 Å². The molecular weight excluding hydrogens is 296 g/mol. The number of hydrogen-bond acceptors (Lipinski definition) is 4. The molecule has 0 fully saturated rings. The largest absolute Gasteiger partial charge is 0.335 e. The first kappa shape index (κ1) is 12.9. The molecule has 0 saturated carbocycles. The standard InChI is InChI=1S/C17H14N2S2/c1-2-4-12(5-3-1)16-11-18-17(21-16)19-14-6-7-15-13(10-14)8-9-20-15/h1-10,16H,11H2,(H,18,19). The molecule has 0 radical (unpaired) electrons. The van der Waals surface area contributed by atoms with Crippen molar-refractivity contribution in [1.82, 2.24) is 0 Å². The van der Waals surface area contributed by atoms with Crippen LogP contribution >= 0.6 is 23.1 Å². The lowest BCUT2D eigenvalue weighted by molar-refractivity contribution is 0.966. The lowest BCUT2D eigenvalue weighted by atomic mass is 10.1. The molecule has 1 unspecified atom stereocenters. The molecule has 104 valence electrons. The Kier molecular flexibility index (Phi) is 3.41. The van der Waals surface area contributed by atoms with Crippen LogP contribution in [0.4, 0.5) is 5.69 Å². The van der Waals surface area contributed by atoms with Crippen LogP contribution in [-0.2, 0) is 0 Å². The van der Waals surface area contributed by atoms with E-state index in [1.54, 1.807) is 11.3 Å². The Morgan fingerprint density at radius 3 is 2.86 bits per heavy atom. The van der Waals surface area contributed by atoms with Crippen molar-refractivity contribution in [3.8, 4) is 0 Å². The van der Waals surface area contributed by atoms with Gasteiger partial charge in [-0.25, -0.2) is 0 Å². The highest BCUT2D eigenvalue weighted by atomic mass is 32.2. The van der Waals surface area contributed by atoms with Crippen molar-refractivity contribution in [2.24, 2.45) is 4.99 Å². The van der Waals surface area contributed by atoms with Gasteiger partial charge in [-0.2, -0.15) is 0 Å². The zero-order valence-corrected chi connectivity index (χ0v) is 13.0. The number of nitrogens with one attached hydrogen (secondary N) is 1. The normalized spacial score (nSPS) is 17.9. The molecule has 2 aromatic carbocycles. The zero-order chi connectivity index (χ0) is 14.1. The quantitative estimate of drug-likeness (QED) is 0.707. The summed E-state index contributed by atoms with van der Waals surface area (Å²) >= 11 is 3.58. The van der Waals surface area contributed by atoms with E-state index in [0.29, 0.717) is 5.25 Å². The third-order valence-corrected chi connectivity index (χ3v) is 5.59. The first-order valence-electron chi connectivity index (χ1n) is 6.89. The van der Waals surface area contributed by atoms with Crippen LogP contribution in [0.1, 0.15) is 10.8 Å². The lowest BCUT2D eigenvalue weighted by Gasteiger charge is -2.09. The van der Waals surface area contributed by atoms with Crippen molar-refractivity contribution in [2.45, 2.75) is 5.25 Å². The molecule has 1 aliphatic heterocycles. The van der Waals surface area contributed by atoms with Gasteiger partial charge < -0.3 is 5.32 Å². The van der Waals surface area contributed by atoms with Crippen molar-refractivity contribution < 1.29 is 0 Å². The van der Waals surface area contributed by atoms with Gasteiger partial charge in [0.2, 0.25) is 0 Å². The Morgan fingerprint density at radius 1 is 1.05 bits per heavy atom. The van der Waals surface area contributed by atoms with Crippen molar-refractivity contribution >= 4 is 44.0 Å². The monoisotopic (exact) mass is 310 g/mol. The highest BCUT2D eigenvalue weighted by molar-refractivity contribution is 8.14. The van der Waals surface area contributed by atoms with Gasteiger partial charge >= 0.3 is 0 Å². The molecule has 0 spiro atoms. The summed E-state index contributed by atoms with van der Waals surface area (Å²) in [5.74, 6) is 0. The summed E-state index contributed by atoms with van der Waals surface area (Å²) in [7, 11) is 0. The molecule has 2 heterocycles. The minimum Gasteiger partial charge on any atom is -0.335 e. The van der Waals surface area contributed by atoms with Crippen LogP contribution in [0.3, 0.4) is 0 Å². The molecule has 4 heteroatoms. The number of hydrogen-bond donors (Lipinski definition) is 1. The van der Waals surface area contributed by atoms with Crippen molar-refractivity contribution in [3.05, 3.63) is 65.5 Å². The summed E-state index contributed by atoms with van der Waals surface area (Å²) in [5.41, 5.74) is 2.46. The van der Waals surface area contributed by atoms with E-state index in [-0.39, 0.29) is 0 Å². The second-order valence-corrected chi connectivity index (χ2v) is 7.10. The average Bonchev–Trinajstić information content (AvgIpc) is 3.17. The van der Waals surface area contributed by atoms with Gasteiger partial charge in [-0.15, -0.1) is 11.3 Å². The van der Waals surface area contributed by atoms with Gasteiger partial charge in [0.25, 0.3) is 0 Å². The van der Waals surface area contributed by atoms with E-state index in [4.69, 9.17) is 0 Å². The van der Waals surface area contributed by atoms with Crippen LogP contribution in [0.15, 0.2) is 65.0 Å². The van der Waals surface area contributed by atoms with Crippen molar-refractivity contribution in [1.29, 1.82) is 0 Å². The number of nitrogens with zero attached hydrogens (tertiary/aromatic N) is 1. The maximum Gasteiger partial charge on any atom is 0.161 e. The fourth-order valence-electron chi connectivity index (χ4n) is 2.45. The maximum absolute atomic E-state index is 4.63. The Hall–Kier alpha value is -1.78. The second-order valence-electron chi connectivity index (χ2n) is 4.96. The van der Waals surface area contributed by atoms with Gasteiger partial charge in [-0.3, -0.25) is 4.99 Å². The molecule has 1 N–H and O–H groups in total. The topological polar surface area (TPSA) is 24.4 Å². The highest BCUT2D eigenvalue weighted by Crippen LogP contribution is 2.35. The Balaban J connectivity index is 1.48. The van der Waals surface area contributed by atoms with Crippen LogP contribution < -0.4 is 5.32 Å². The van der Waals surface area contributed by atoms with E-state index in [2.05, 4.69) is 70.3 Å². The summed E-state index contributed by atoms with van der Waals surface area (Å²) < 4.78 is 1.32. The minimum absolute atomic E-state index is 0.429. The molecule has 3 aromatic rings. The third kappa shape index (κ3) is 2.69. The highest BCUT2D eigenvalue weighted by Gasteiger charge is 2.21. The second kappa shape index (κ2) is 5.54. The van der Waals surface area contributed by atoms with Gasteiger partial charge in [-0.05, 0) is 40.6 Å². The fourth-order valence-corrected chi connectivity index (χ4v) is 4.26. The number of benzene rings is 2. The summed E-state index contributed by atoms with van der Waals surface area (Å²) in [6.07, 6.45) is 0. The first-order chi connectivity index (χ1) is 10.4. The number of thiophene rings is 1. The molecule has 0 aliphatic carbocycles. The van der Waals surface area contributed by atoms with Crippen LogP contribution in [0, 0.1) is 0 Å². The summed E-state index contributed by atoms with van der Waals surface area (Å²) in [6, 6.07) is 19.2. The lowest BCUT2D eigenvalue weighted by Crippen LogP contribution is -2.05. The smallest absolute Gasteiger partial charge is 0.161 e. The number of aliphatic imine (C=N–C) groups is 1. The van der Waals surface area contributed by atoms with Gasteiger partial charge in [0.1, 0.15) is 0 Å². The van der Waals surface area contributed by atoms with Crippen LogP contribution in [0.5, 0.6) is 0 Å². The third-order valence-electron chi connectivity index (χ3n) is 3.53. The summed E-state index contributed by atoms with van der Waals surface area (Å²) in [6.45, 7) is 0.845. The molecular formula is C17H14N2S2. The predicted molar refractivity (Wildman–Crippen MR) is 94.5 cm³/mol. The molecule has 1 atom stereocenters. The number of thioether (sulfide) groups is 1. The molecule has 0 saturated heterocycles. The van der Waals surface area contributed by atoms with Crippen LogP contribution in [0.25, 0.3) is 10.1 Å². The molecule has 4 rings (SSSR count). The molecule has 1 aliphatic rings. The number of anilines is 1. The van der Waals surface area contributed by atoms with Gasteiger partial charge in [0, 0.05) is 10.4 Å². The Labute approximate surface area is 131 Å². The molecule has 2 nitrogen and oxygen atoms in total. The fraction of sp³-hybridized carbons (Fsp3) is 0.118. The predicted octanol–water partition coefficient (Wildman–Crippen LogP) is 5.16. The van der Waals surface area contributed by atoms with Crippen LogP contribution in [-0.4, -0.2) is 11.7 Å². The van der Waals surface area contributed by atoms with E-state index < -0.39 is 0 Å². The van der Waals surface area contributed by atoms with Crippen molar-refractivity contribution in [3.63, 3.8) is 0 Å². The molecule has 1 aromatic heterocycles. The zero-order valence-electron chi connectivity index (χ0n) is 11.3. The summed E-state index contributed by atoms with van der Waals surface area (Å²) in [5, 5.41) is 8.29.